The molecule has 2 fully saturated rings. The van der Waals surface area contributed by atoms with E-state index in [2.05, 4.69) is 25.9 Å². The van der Waals surface area contributed by atoms with E-state index in [9.17, 15) is 39.9 Å². The molecular formula is C37H43N8O10+. The van der Waals surface area contributed by atoms with Crippen molar-refractivity contribution in [3.63, 3.8) is 0 Å². The van der Waals surface area contributed by atoms with Gasteiger partial charge in [0.25, 0.3) is 0 Å². The number of phenols is 1. The number of phenolic OH excluding ortho intramolecular Hbond substituents is 1. The number of benzene rings is 3. The summed E-state index contributed by atoms with van der Waals surface area (Å²) in [5.74, 6) is -3.25. The minimum absolute atomic E-state index is 0.0236. The fourth-order valence-electron chi connectivity index (χ4n) is 7.83. The van der Waals surface area contributed by atoms with Crippen molar-refractivity contribution in [3.05, 3.63) is 75.9 Å². The number of carboxylic acid groups (broad SMARTS) is 1. The van der Waals surface area contributed by atoms with Crippen LogP contribution < -0.4 is 37.8 Å². The van der Waals surface area contributed by atoms with Crippen LogP contribution in [0.4, 0.5) is 4.79 Å². The van der Waals surface area contributed by atoms with Crippen molar-refractivity contribution < 1.29 is 49.3 Å². The van der Waals surface area contributed by atoms with E-state index >= 15 is 0 Å². The molecule has 18 heteroatoms. The topological polar surface area (TPSA) is 292 Å². The normalized spacial score (nSPS) is 23.0. The summed E-state index contributed by atoms with van der Waals surface area (Å²) in [6, 6.07) is 11.7. The minimum atomic E-state index is -2.15. The third kappa shape index (κ3) is 7.01. The van der Waals surface area contributed by atoms with Crippen LogP contribution in [0.2, 0.25) is 0 Å². The highest BCUT2D eigenvalue weighted by Crippen LogP contribution is 2.44. The fourth-order valence-corrected chi connectivity index (χ4v) is 7.83. The van der Waals surface area contributed by atoms with Gasteiger partial charge in [0, 0.05) is 54.6 Å². The van der Waals surface area contributed by atoms with E-state index in [1.165, 1.54) is 36.4 Å². The van der Waals surface area contributed by atoms with Gasteiger partial charge in [-0.2, -0.15) is 0 Å². The second-order valence-electron chi connectivity index (χ2n) is 13.9. The summed E-state index contributed by atoms with van der Waals surface area (Å²) in [6.07, 6.45) is 1.51. The van der Waals surface area contributed by atoms with E-state index in [0.29, 0.717) is 48.0 Å². The highest BCUT2D eigenvalue weighted by molar-refractivity contribution is 6.08. The van der Waals surface area contributed by atoms with Crippen LogP contribution in [0.3, 0.4) is 0 Å². The van der Waals surface area contributed by atoms with Gasteiger partial charge in [-0.1, -0.05) is 6.42 Å². The lowest BCUT2D eigenvalue weighted by Crippen LogP contribution is -2.76. The van der Waals surface area contributed by atoms with Crippen molar-refractivity contribution in [2.75, 3.05) is 26.2 Å². The van der Waals surface area contributed by atoms with Gasteiger partial charge >= 0.3 is 18.0 Å². The maximum Gasteiger partial charge on any atom is 0.407 e. The van der Waals surface area contributed by atoms with E-state index in [-0.39, 0.29) is 65.1 Å². The highest BCUT2D eigenvalue weighted by atomic mass is 16.5. The largest absolute Gasteiger partial charge is 0.508 e. The van der Waals surface area contributed by atoms with E-state index in [1.807, 2.05) is 0 Å². The number of nitrogens with zero attached hydrogens (tertiary/aromatic N) is 2. The van der Waals surface area contributed by atoms with Crippen LogP contribution in [-0.4, -0.2) is 110 Å². The second-order valence-corrected chi connectivity index (χ2v) is 13.9. The summed E-state index contributed by atoms with van der Waals surface area (Å²) in [4.78, 5) is 45.9. The predicted molar refractivity (Wildman–Crippen MR) is 198 cm³/mol. The molecule has 7 rings (SSSR count). The number of aromatic carboxylic acids is 1. The van der Waals surface area contributed by atoms with Gasteiger partial charge < -0.3 is 56.4 Å². The summed E-state index contributed by atoms with van der Waals surface area (Å²) in [5.41, 5.74) is 12.3. The van der Waals surface area contributed by atoms with Gasteiger partial charge in [0.05, 0.1) is 17.2 Å². The second kappa shape index (κ2) is 14.8. The molecule has 1 amide bonds. The monoisotopic (exact) mass is 759 g/mol. The van der Waals surface area contributed by atoms with Gasteiger partial charge in [-0.15, -0.1) is 0 Å². The van der Waals surface area contributed by atoms with Crippen LogP contribution in [0, 0.1) is 0 Å². The van der Waals surface area contributed by atoms with Gasteiger partial charge in [0.2, 0.25) is 5.79 Å². The molecule has 4 heterocycles. The van der Waals surface area contributed by atoms with Crippen molar-refractivity contribution in [2.24, 2.45) is 16.5 Å². The average molecular weight is 760 g/mol. The molecule has 290 valence electrons. The van der Waals surface area contributed by atoms with Crippen LogP contribution in [0.1, 0.15) is 48.0 Å². The molecule has 1 unspecified atom stereocenters. The zero-order chi connectivity index (χ0) is 39.1. The molecule has 5 aliphatic rings. The number of hydrogen-bond donors (Lipinski definition) is 11. The number of unbranched alkanes of at least 4 members (excludes halogenated alkanes) is 3. The van der Waals surface area contributed by atoms with E-state index < -0.39 is 41.9 Å². The Labute approximate surface area is 313 Å². The van der Waals surface area contributed by atoms with E-state index in [0.717, 1.165) is 12.8 Å². The zero-order valence-corrected chi connectivity index (χ0v) is 29.6. The number of carbonyl (C=O) groups is 2. The number of ether oxygens (including phenoxy) is 1. The zero-order valence-electron chi connectivity index (χ0n) is 29.6. The summed E-state index contributed by atoms with van der Waals surface area (Å²) in [5, 5.41) is 62.0. The van der Waals surface area contributed by atoms with Crippen molar-refractivity contribution in [3.8, 4) is 28.2 Å². The Kier molecular flexibility index (Phi) is 10.1. The van der Waals surface area contributed by atoms with E-state index in [1.54, 1.807) is 23.1 Å². The van der Waals surface area contributed by atoms with Gasteiger partial charge in [-0.05, 0) is 60.9 Å². The number of carbonyl (C=O) groups excluding carboxylic acids is 1. The quantitative estimate of drug-likeness (QED) is 0.0278. The summed E-state index contributed by atoms with van der Waals surface area (Å²) in [6.45, 7) is 0.860. The molecule has 0 aromatic heterocycles. The molecule has 1 aliphatic carbocycles. The number of nitrogens with two attached hydrogens (primary N) is 2. The van der Waals surface area contributed by atoms with Crippen LogP contribution in [0.15, 0.2) is 68.8 Å². The van der Waals surface area contributed by atoms with Crippen LogP contribution in [0.25, 0.3) is 33.4 Å². The first-order valence-electron chi connectivity index (χ1n) is 17.9. The Morgan fingerprint density at radius 2 is 1.85 bits per heavy atom. The SMILES string of the molecule is NC1=N[C@@H](COC(=O)NCCCCCC[NH+]=C(O)c2ccc(C(=O)O)c(-c3c4ccc(=O)cc-4oc4cc(O)ccc34)c2)[C@@H]2NC(N)N[C@]23N1CCC3(O)O. The molecule has 55 heavy (non-hydrogen) atoms. The number of hydrogen-bond acceptors (Lipinski definition) is 14. The number of aliphatic imine (C=N–C) groups is 1. The molecule has 0 saturated carbocycles. The average Bonchev–Trinajstić information content (AvgIpc) is 3.64. The summed E-state index contributed by atoms with van der Waals surface area (Å²) in [7, 11) is 0. The van der Waals surface area contributed by atoms with Crippen molar-refractivity contribution in [2.45, 2.75) is 61.9 Å². The van der Waals surface area contributed by atoms with Gasteiger partial charge in [-0.3, -0.25) is 15.4 Å². The number of alkyl carbamates (subject to hydrolysis) is 1. The van der Waals surface area contributed by atoms with Gasteiger partial charge in [0.15, 0.2) is 17.1 Å². The smallest absolute Gasteiger partial charge is 0.407 e. The predicted octanol–water partition coefficient (Wildman–Crippen LogP) is -0.776. The van der Waals surface area contributed by atoms with Crippen LogP contribution >= 0.6 is 0 Å². The molecule has 1 spiro atoms. The lowest BCUT2D eigenvalue weighted by atomic mass is 9.87. The standard InChI is InChI=1S/C37H42N8O10/c38-33-43-30-26(42-34(39)45-14-11-36(52,53)37(30,45)44-33)18-54-35(51)41-13-4-2-1-3-12-40-31(48)19-5-8-22(32(49)50)25(15-19)29-23-9-6-20(46)16-27(23)55-28-17-21(47)7-10-24(28)29/h5-10,15-17,26,30,33,43-44,46,52-53H,1-4,11-14,18,38H2,(H2,39,42)(H,40,48)(H,41,51)(H,49,50)/p+1/t26-,30-,33?,37-/m0/s1. The first-order chi connectivity index (χ1) is 26.3. The Bertz CT molecular complexity index is 2220. The number of nitrogens with one attached hydrogen (secondary N) is 4. The number of aromatic hydroxyl groups is 1. The minimum Gasteiger partial charge on any atom is -0.508 e. The number of fused-ring (bicyclic) bond motifs is 2. The molecule has 18 nitrogen and oxygen atoms in total. The molecule has 13 N–H and O–H groups in total. The van der Waals surface area contributed by atoms with E-state index in [4.69, 9.17) is 20.6 Å². The number of amides is 1. The summed E-state index contributed by atoms with van der Waals surface area (Å²) >= 11 is 0. The summed E-state index contributed by atoms with van der Waals surface area (Å²) < 4.78 is 11.3. The van der Waals surface area contributed by atoms with Crippen LogP contribution in [0.5, 0.6) is 5.75 Å². The molecule has 2 saturated heterocycles. The number of aliphatic hydroxyl groups is 3. The Balaban J connectivity index is 0.919. The highest BCUT2D eigenvalue weighted by Gasteiger charge is 2.69. The van der Waals surface area contributed by atoms with Crippen LogP contribution in [-0.2, 0) is 4.74 Å². The Hall–Kier alpha value is -5.79. The molecule has 0 radical (unpaired) electrons. The lowest BCUT2D eigenvalue weighted by Gasteiger charge is -2.49. The van der Waals surface area contributed by atoms with Crippen molar-refractivity contribution in [1.82, 2.24) is 20.9 Å². The molecule has 2 aromatic carbocycles. The third-order valence-corrected chi connectivity index (χ3v) is 10.4. The Morgan fingerprint density at radius 1 is 1.05 bits per heavy atom. The van der Waals surface area contributed by atoms with Gasteiger partial charge in [0.1, 0.15) is 42.6 Å². The number of rotatable bonds is 12. The number of aliphatic hydroxyl groups excluding tert-OH is 1. The first kappa shape index (κ1) is 37.5. The fraction of sp³-hybridized carbons (Fsp3) is 0.378. The van der Waals surface area contributed by atoms with Crippen molar-refractivity contribution >= 4 is 34.9 Å². The third-order valence-electron chi connectivity index (χ3n) is 10.4. The van der Waals surface area contributed by atoms with Crippen molar-refractivity contribution in [1.29, 1.82) is 0 Å². The molecular weight excluding hydrogens is 716 g/mol. The lowest BCUT2D eigenvalue weighted by molar-refractivity contribution is -0.466. The number of guanidine groups is 1. The maximum absolute atomic E-state index is 12.5. The number of carboxylic acids is 1. The molecule has 4 atom stereocenters. The van der Waals surface area contributed by atoms with Gasteiger partial charge in [-0.25, -0.2) is 19.6 Å². The Morgan fingerprint density at radius 3 is 2.65 bits per heavy atom. The first-order valence-corrected chi connectivity index (χ1v) is 17.9. The molecule has 2 aromatic rings. The molecule has 4 aliphatic heterocycles. The molecule has 0 bridgehead atoms. The maximum atomic E-state index is 12.5.